The Morgan fingerprint density at radius 2 is 1.54 bits per heavy atom. The van der Waals surface area contributed by atoms with E-state index in [1.807, 2.05) is 55.6 Å². The number of fused-ring (bicyclic) bond motifs is 1. The van der Waals surface area contributed by atoms with E-state index in [-0.39, 0.29) is 18.7 Å². The molecule has 28 heavy (non-hydrogen) atoms. The van der Waals surface area contributed by atoms with Gasteiger partial charge in [-0.15, -0.1) is 0 Å². The molecule has 142 valence electrons. The van der Waals surface area contributed by atoms with Crippen molar-refractivity contribution in [2.24, 2.45) is 0 Å². The molecule has 1 aliphatic heterocycles. The third kappa shape index (κ3) is 4.00. The highest BCUT2D eigenvalue weighted by Crippen LogP contribution is 2.34. The lowest BCUT2D eigenvalue weighted by atomic mass is 9.97. The summed E-state index contributed by atoms with van der Waals surface area (Å²) in [6.45, 7) is 0.554. The Balaban J connectivity index is 1.49. The van der Waals surface area contributed by atoms with Crippen LogP contribution in [0.5, 0.6) is 11.5 Å². The van der Waals surface area contributed by atoms with E-state index < -0.39 is 0 Å². The van der Waals surface area contributed by atoms with Gasteiger partial charge in [0.1, 0.15) is 6.04 Å². The van der Waals surface area contributed by atoms with E-state index in [2.05, 4.69) is 29.6 Å². The minimum absolute atomic E-state index is 0.0479. The number of carbonyl (C=O) groups excluding carboxylic acids is 1. The monoisotopic (exact) mass is 375 g/mol. The van der Waals surface area contributed by atoms with Crippen molar-refractivity contribution in [3.05, 3.63) is 90.0 Å². The number of carbonyl (C=O) groups is 1. The van der Waals surface area contributed by atoms with Crippen molar-refractivity contribution in [3.63, 3.8) is 0 Å². The average Bonchev–Trinajstić information content (AvgIpc) is 3.17. The van der Waals surface area contributed by atoms with Crippen LogP contribution in [0, 0.1) is 0 Å². The van der Waals surface area contributed by atoms with Crippen LogP contribution < -0.4 is 19.7 Å². The van der Waals surface area contributed by atoms with Gasteiger partial charge in [0.05, 0.1) is 7.05 Å². The minimum Gasteiger partial charge on any atom is -0.454 e. The summed E-state index contributed by atoms with van der Waals surface area (Å²) in [7, 11) is 2.05. The number of ether oxygens (including phenoxy) is 2. The van der Waals surface area contributed by atoms with Gasteiger partial charge in [0, 0.05) is 22.9 Å². The van der Waals surface area contributed by atoms with Gasteiger partial charge in [-0.25, -0.2) is 0 Å². The van der Waals surface area contributed by atoms with Gasteiger partial charge in [0.2, 0.25) is 6.79 Å². The third-order valence-electron chi connectivity index (χ3n) is 4.85. The number of hydrogen-bond acceptors (Lipinski definition) is 3. The predicted octanol–water partition coefficient (Wildman–Crippen LogP) is 2.66. The Hall–Kier alpha value is -3.31. The summed E-state index contributed by atoms with van der Waals surface area (Å²) in [5, 5.41) is 2.97. The van der Waals surface area contributed by atoms with Gasteiger partial charge in [0.25, 0.3) is 5.91 Å². The first-order valence-corrected chi connectivity index (χ1v) is 9.32. The largest absolute Gasteiger partial charge is 0.454 e. The third-order valence-corrected chi connectivity index (χ3v) is 4.85. The van der Waals surface area contributed by atoms with Crippen molar-refractivity contribution in [1.82, 2.24) is 0 Å². The van der Waals surface area contributed by atoms with Crippen molar-refractivity contribution in [1.29, 1.82) is 0 Å². The molecule has 1 aliphatic rings. The fourth-order valence-corrected chi connectivity index (χ4v) is 3.59. The van der Waals surface area contributed by atoms with Gasteiger partial charge in [-0.05, 0) is 12.1 Å². The summed E-state index contributed by atoms with van der Waals surface area (Å²) < 4.78 is 10.7. The van der Waals surface area contributed by atoms with Gasteiger partial charge in [-0.1, -0.05) is 60.7 Å². The summed E-state index contributed by atoms with van der Waals surface area (Å²) in [4.78, 5) is 13.8. The summed E-state index contributed by atoms with van der Waals surface area (Å²) in [5.41, 5.74) is 3.07. The van der Waals surface area contributed by atoms with Gasteiger partial charge >= 0.3 is 0 Å². The molecule has 0 bridgehead atoms. The van der Waals surface area contributed by atoms with Crippen molar-refractivity contribution in [2.75, 3.05) is 25.7 Å². The maximum Gasteiger partial charge on any atom is 0.279 e. The van der Waals surface area contributed by atoms with Crippen LogP contribution in [0.2, 0.25) is 0 Å². The lowest BCUT2D eigenvalue weighted by Crippen LogP contribution is -3.10. The second-order valence-electron chi connectivity index (χ2n) is 6.89. The normalized spacial score (nSPS) is 13.4. The minimum atomic E-state index is -0.0479. The molecule has 0 aromatic heterocycles. The fraction of sp³-hybridized carbons (Fsp3) is 0.174. The molecule has 4 rings (SSSR count). The number of amides is 1. The van der Waals surface area contributed by atoms with Gasteiger partial charge in [-0.3, -0.25) is 4.79 Å². The first-order chi connectivity index (χ1) is 13.7. The zero-order valence-electron chi connectivity index (χ0n) is 15.7. The van der Waals surface area contributed by atoms with Crippen LogP contribution in [-0.4, -0.2) is 26.3 Å². The van der Waals surface area contributed by atoms with Crippen molar-refractivity contribution in [2.45, 2.75) is 6.04 Å². The van der Waals surface area contributed by atoms with E-state index in [9.17, 15) is 4.79 Å². The Morgan fingerprint density at radius 1 is 0.929 bits per heavy atom. The van der Waals surface area contributed by atoms with Crippen LogP contribution in [0.25, 0.3) is 0 Å². The highest BCUT2D eigenvalue weighted by atomic mass is 16.7. The Kier molecular flexibility index (Phi) is 5.26. The summed E-state index contributed by atoms with van der Waals surface area (Å²) in [6.07, 6.45) is 0. The second-order valence-corrected chi connectivity index (χ2v) is 6.89. The maximum atomic E-state index is 12.7. The Labute approximate surface area is 164 Å². The number of rotatable bonds is 6. The van der Waals surface area contributed by atoms with Crippen LogP contribution in [0.4, 0.5) is 5.69 Å². The van der Waals surface area contributed by atoms with Gasteiger partial charge in [0.15, 0.2) is 18.0 Å². The van der Waals surface area contributed by atoms with Crippen LogP contribution >= 0.6 is 0 Å². The van der Waals surface area contributed by atoms with E-state index in [0.717, 1.165) is 4.90 Å². The molecule has 1 unspecified atom stereocenters. The SMILES string of the molecule is C[NH+](CC(=O)Nc1ccc2c(c1)OCO2)C(c1ccccc1)c1ccccc1. The van der Waals surface area contributed by atoms with E-state index in [1.54, 1.807) is 6.07 Å². The topological polar surface area (TPSA) is 52.0 Å². The molecule has 1 atom stereocenters. The van der Waals surface area contributed by atoms with Crippen molar-refractivity contribution >= 4 is 11.6 Å². The Morgan fingerprint density at radius 3 is 2.18 bits per heavy atom. The van der Waals surface area contributed by atoms with E-state index >= 15 is 0 Å². The first kappa shape index (κ1) is 18.1. The number of nitrogens with one attached hydrogen (secondary N) is 2. The number of hydrogen-bond donors (Lipinski definition) is 2. The maximum absolute atomic E-state index is 12.7. The zero-order chi connectivity index (χ0) is 19.3. The molecule has 1 heterocycles. The molecule has 0 fully saturated rings. The molecule has 0 saturated carbocycles. The molecule has 3 aromatic rings. The number of likely N-dealkylation sites (N-methyl/N-ethyl adjacent to an activating group) is 1. The number of anilines is 1. The average molecular weight is 375 g/mol. The van der Waals surface area contributed by atoms with E-state index in [1.165, 1.54) is 11.1 Å². The molecular weight excluding hydrogens is 352 g/mol. The van der Waals surface area contributed by atoms with Crippen molar-refractivity contribution < 1.29 is 19.2 Å². The van der Waals surface area contributed by atoms with Gasteiger partial charge < -0.3 is 19.7 Å². The van der Waals surface area contributed by atoms with Crippen molar-refractivity contribution in [3.8, 4) is 11.5 Å². The molecule has 5 nitrogen and oxygen atoms in total. The van der Waals surface area contributed by atoms with Crippen LogP contribution in [-0.2, 0) is 4.79 Å². The zero-order valence-corrected chi connectivity index (χ0v) is 15.7. The molecule has 2 N–H and O–H groups in total. The van der Waals surface area contributed by atoms with Crippen LogP contribution in [0.3, 0.4) is 0 Å². The van der Waals surface area contributed by atoms with E-state index in [0.29, 0.717) is 23.7 Å². The smallest absolute Gasteiger partial charge is 0.279 e. The highest BCUT2D eigenvalue weighted by Gasteiger charge is 2.25. The highest BCUT2D eigenvalue weighted by molar-refractivity contribution is 5.91. The molecule has 1 amide bonds. The lowest BCUT2D eigenvalue weighted by molar-refractivity contribution is -0.897. The first-order valence-electron chi connectivity index (χ1n) is 9.32. The summed E-state index contributed by atoms with van der Waals surface area (Å²) in [5.74, 6) is 1.31. The molecule has 0 radical (unpaired) electrons. The van der Waals surface area contributed by atoms with Crippen LogP contribution in [0.1, 0.15) is 17.2 Å². The second kappa shape index (κ2) is 8.15. The molecule has 5 heteroatoms. The lowest BCUT2D eigenvalue weighted by Gasteiger charge is -2.25. The molecule has 0 saturated heterocycles. The fourth-order valence-electron chi connectivity index (χ4n) is 3.59. The van der Waals surface area contributed by atoms with E-state index in [4.69, 9.17) is 9.47 Å². The molecular formula is C23H23N2O3+. The summed E-state index contributed by atoms with van der Waals surface area (Å²) >= 11 is 0. The quantitative estimate of drug-likeness (QED) is 0.697. The molecule has 0 spiro atoms. The number of quaternary nitrogens is 1. The predicted molar refractivity (Wildman–Crippen MR) is 108 cm³/mol. The molecule has 0 aliphatic carbocycles. The number of benzene rings is 3. The van der Waals surface area contributed by atoms with Gasteiger partial charge in [-0.2, -0.15) is 0 Å². The van der Waals surface area contributed by atoms with Crippen LogP contribution in [0.15, 0.2) is 78.9 Å². The standard InChI is InChI=1S/C23H22N2O3/c1-25(15-22(26)24-19-12-13-20-21(14-19)28-16-27-20)23(17-8-4-2-5-9-17)18-10-6-3-7-11-18/h2-14,23H,15-16H2,1H3,(H,24,26)/p+1. The Bertz CT molecular complexity index is 905. The molecule has 3 aromatic carbocycles. The summed E-state index contributed by atoms with van der Waals surface area (Å²) in [6, 6.07) is 26.1.